The second-order valence-electron chi connectivity index (χ2n) is 9.84. The molecule has 8 nitrogen and oxygen atoms in total. The number of rotatable bonds is 6. The summed E-state index contributed by atoms with van der Waals surface area (Å²) in [5.74, 6) is -1.04. The van der Waals surface area contributed by atoms with Crippen molar-refractivity contribution in [2.45, 2.75) is 37.4 Å². The number of halogens is 2. The molecular formula is C26H26F2N8. The summed E-state index contributed by atoms with van der Waals surface area (Å²) < 4.78 is 29.2. The maximum absolute atomic E-state index is 14.0. The molecule has 3 aromatic heterocycles. The Morgan fingerprint density at radius 3 is 2.75 bits per heavy atom. The molecule has 0 spiro atoms. The predicted octanol–water partition coefficient (Wildman–Crippen LogP) is 3.69. The Bertz CT molecular complexity index is 1420. The summed E-state index contributed by atoms with van der Waals surface area (Å²) in [6, 6.07) is 8.52. The average Bonchev–Trinajstić information content (AvgIpc) is 3.54. The van der Waals surface area contributed by atoms with Crippen molar-refractivity contribution in [1.82, 2.24) is 34.5 Å². The third kappa shape index (κ3) is 4.04. The number of nitriles is 1. The van der Waals surface area contributed by atoms with Gasteiger partial charge in [0.2, 0.25) is 0 Å². The molecule has 2 fully saturated rings. The minimum Gasteiger partial charge on any atom is -0.346 e. The van der Waals surface area contributed by atoms with Gasteiger partial charge in [-0.15, -0.1) is 0 Å². The molecule has 0 atom stereocenters. The monoisotopic (exact) mass is 488 g/mol. The zero-order valence-corrected chi connectivity index (χ0v) is 19.7. The third-order valence-corrected chi connectivity index (χ3v) is 7.58. The Kier molecular flexibility index (Phi) is 5.74. The van der Waals surface area contributed by atoms with Crippen LogP contribution in [0.3, 0.4) is 0 Å². The van der Waals surface area contributed by atoms with Gasteiger partial charge in [-0.2, -0.15) is 10.4 Å². The minimum atomic E-state index is -0.548. The number of hydrogen-bond donors (Lipinski definition) is 1. The van der Waals surface area contributed by atoms with E-state index in [2.05, 4.69) is 35.9 Å². The van der Waals surface area contributed by atoms with Gasteiger partial charge in [-0.05, 0) is 38.1 Å². The van der Waals surface area contributed by atoms with Gasteiger partial charge in [-0.3, -0.25) is 14.5 Å². The van der Waals surface area contributed by atoms with E-state index in [0.717, 1.165) is 67.4 Å². The van der Waals surface area contributed by atoms with E-state index < -0.39 is 11.6 Å². The Labute approximate surface area is 207 Å². The van der Waals surface area contributed by atoms with E-state index in [1.165, 1.54) is 12.1 Å². The second kappa shape index (κ2) is 9.08. The van der Waals surface area contributed by atoms with E-state index in [-0.39, 0.29) is 5.54 Å². The number of nitrogens with zero attached hydrogens (tertiary/aromatic N) is 7. The summed E-state index contributed by atoms with van der Waals surface area (Å²) in [5.41, 5.74) is 2.68. The molecule has 5 heterocycles. The van der Waals surface area contributed by atoms with Crippen LogP contribution in [0.15, 0.2) is 49.2 Å². The summed E-state index contributed by atoms with van der Waals surface area (Å²) in [6.45, 7) is 3.74. The van der Waals surface area contributed by atoms with Crippen molar-refractivity contribution in [2.24, 2.45) is 0 Å². The number of aromatic nitrogens is 5. The van der Waals surface area contributed by atoms with Crippen molar-refractivity contribution in [3.63, 3.8) is 0 Å². The second-order valence-corrected chi connectivity index (χ2v) is 9.84. The molecule has 0 amide bonds. The lowest BCUT2D eigenvalue weighted by Gasteiger charge is -2.53. The van der Waals surface area contributed by atoms with E-state index in [9.17, 15) is 14.0 Å². The van der Waals surface area contributed by atoms with E-state index in [1.54, 1.807) is 6.33 Å². The van der Waals surface area contributed by atoms with Crippen LogP contribution in [0.4, 0.5) is 8.78 Å². The molecule has 0 radical (unpaired) electrons. The van der Waals surface area contributed by atoms with E-state index in [4.69, 9.17) is 0 Å². The molecule has 0 bridgehead atoms. The van der Waals surface area contributed by atoms with Crippen molar-refractivity contribution >= 4 is 11.0 Å². The fourth-order valence-electron chi connectivity index (χ4n) is 5.59. The highest BCUT2D eigenvalue weighted by molar-refractivity contribution is 5.89. The third-order valence-electron chi connectivity index (χ3n) is 7.58. The predicted molar refractivity (Wildman–Crippen MR) is 130 cm³/mol. The SMILES string of the molecule is N#CCC1(n2cc(-c3ncnc4[nH]ccc34)cn2)CN(C2CCN(Cc3ccc(F)cc3F)CC2)C1. The quantitative estimate of drug-likeness (QED) is 0.445. The average molecular weight is 489 g/mol. The highest BCUT2D eigenvalue weighted by Crippen LogP contribution is 2.37. The lowest BCUT2D eigenvalue weighted by molar-refractivity contribution is -0.0436. The van der Waals surface area contributed by atoms with Gasteiger partial charge < -0.3 is 4.98 Å². The number of benzene rings is 1. The lowest BCUT2D eigenvalue weighted by Crippen LogP contribution is -2.66. The van der Waals surface area contributed by atoms with Gasteiger partial charge in [0.1, 0.15) is 29.1 Å². The number of piperidine rings is 1. The van der Waals surface area contributed by atoms with Crippen molar-refractivity contribution in [1.29, 1.82) is 5.26 Å². The van der Waals surface area contributed by atoms with Crippen molar-refractivity contribution in [3.05, 3.63) is 66.4 Å². The number of nitrogens with one attached hydrogen (secondary N) is 1. The maximum Gasteiger partial charge on any atom is 0.141 e. The lowest BCUT2D eigenvalue weighted by atomic mass is 9.83. The molecule has 10 heteroatoms. The van der Waals surface area contributed by atoms with Gasteiger partial charge in [0.25, 0.3) is 0 Å². The van der Waals surface area contributed by atoms with Crippen LogP contribution in [0.25, 0.3) is 22.3 Å². The van der Waals surface area contributed by atoms with E-state index in [1.807, 2.05) is 29.3 Å². The molecule has 6 rings (SSSR count). The van der Waals surface area contributed by atoms with Crippen LogP contribution in [-0.4, -0.2) is 66.8 Å². The van der Waals surface area contributed by atoms with Crippen LogP contribution < -0.4 is 0 Å². The minimum absolute atomic E-state index is 0.355. The molecule has 2 aliphatic rings. The fraction of sp³-hybridized carbons (Fsp3) is 0.385. The molecule has 2 aliphatic heterocycles. The first-order chi connectivity index (χ1) is 17.5. The van der Waals surface area contributed by atoms with Crippen molar-refractivity contribution in [2.75, 3.05) is 26.2 Å². The number of H-pyrrole nitrogens is 1. The molecule has 1 aromatic carbocycles. The normalized spacial score (nSPS) is 18.8. The van der Waals surface area contributed by atoms with E-state index >= 15 is 0 Å². The van der Waals surface area contributed by atoms with Gasteiger partial charge >= 0.3 is 0 Å². The topological polar surface area (TPSA) is 89.7 Å². The zero-order chi connectivity index (χ0) is 24.7. The Morgan fingerprint density at radius 1 is 1.14 bits per heavy atom. The van der Waals surface area contributed by atoms with Crippen LogP contribution in [-0.2, 0) is 12.1 Å². The summed E-state index contributed by atoms with van der Waals surface area (Å²) in [4.78, 5) is 16.5. The van der Waals surface area contributed by atoms with Gasteiger partial charge in [0.15, 0.2) is 0 Å². The molecule has 4 aromatic rings. The fourth-order valence-corrected chi connectivity index (χ4v) is 5.59. The summed E-state index contributed by atoms with van der Waals surface area (Å²) in [6.07, 6.45) is 9.52. The van der Waals surface area contributed by atoms with Crippen LogP contribution >= 0.6 is 0 Å². The number of fused-ring (bicyclic) bond motifs is 1. The van der Waals surface area contributed by atoms with Gasteiger partial charge in [-0.25, -0.2) is 18.7 Å². The van der Waals surface area contributed by atoms with E-state index in [0.29, 0.717) is 24.6 Å². The molecule has 0 aliphatic carbocycles. The van der Waals surface area contributed by atoms with Crippen molar-refractivity contribution < 1.29 is 8.78 Å². The first-order valence-corrected chi connectivity index (χ1v) is 12.2. The Balaban J connectivity index is 1.11. The van der Waals surface area contributed by atoms with Gasteiger partial charge in [0.05, 0.1) is 24.4 Å². The van der Waals surface area contributed by atoms with Gasteiger partial charge in [-0.1, -0.05) is 6.07 Å². The largest absolute Gasteiger partial charge is 0.346 e. The summed E-state index contributed by atoms with van der Waals surface area (Å²) >= 11 is 0. The summed E-state index contributed by atoms with van der Waals surface area (Å²) in [5, 5.41) is 15.2. The molecule has 1 N–H and O–H groups in total. The zero-order valence-electron chi connectivity index (χ0n) is 19.7. The number of aromatic amines is 1. The van der Waals surface area contributed by atoms with Crippen molar-refractivity contribution in [3.8, 4) is 17.3 Å². The molecule has 184 valence electrons. The number of likely N-dealkylation sites (tertiary alicyclic amines) is 2. The highest BCUT2D eigenvalue weighted by atomic mass is 19.1. The molecule has 0 saturated carbocycles. The van der Waals surface area contributed by atoms with Crippen LogP contribution in [0, 0.1) is 23.0 Å². The smallest absolute Gasteiger partial charge is 0.141 e. The van der Waals surface area contributed by atoms with Crippen LogP contribution in [0.1, 0.15) is 24.8 Å². The van der Waals surface area contributed by atoms with Crippen LogP contribution in [0.2, 0.25) is 0 Å². The highest BCUT2D eigenvalue weighted by Gasteiger charge is 2.48. The molecule has 2 saturated heterocycles. The Hall–Kier alpha value is -3.68. The first kappa shape index (κ1) is 22.8. The summed E-state index contributed by atoms with van der Waals surface area (Å²) in [7, 11) is 0. The molecule has 36 heavy (non-hydrogen) atoms. The Morgan fingerprint density at radius 2 is 1.97 bits per heavy atom. The van der Waals surface area contributed by atoms with Gasteiger partial charge in [0, 0.05) is 60.6 Å². The first-order valence-electron chi connectivity index (χ1n) is 12.2. The van der Waals surface area contributed by atoms with Crippen LogP contribution in [0.5, 0.6) is 0 Å². The maximum atomic E-state index is 14.0. The number of hydrogen-bond acceptors (Lipinski definition) is 6. The molecular weight excluding hydrogens is 462 g/mol. The molecule has 0 unspecified atom stereocenters. The standard InChI is InChI=1S/C26H26F2N8/c27-20-2-1-18(23(28)11-20)13-34-9-4-21(5-10-34)35-15-26(16-35,6-7-29)36-14-19(12-33-36)24-22-3-8-30-25(22)32-17-31-24/h1-3,8,11-12,14,17,21H,4-6,9-10,13,15-16H2,(H,30,31,32).